The zero-order valence-corrected chi connectivity index (χ0v) is 15.8. The van der Waals surface area contributed by atoms with Gasteiger partial charge in [-0.25, -0.2) is 12.8 Å². The van der Waals surface area contributed by atoms with Gasteiger partial charge >= 0.3 is 0 Å². The molecule has 0 amide bonds. The van der Waals surface area contributed by atoms with Gasteiger partial charge in [-0.1, -0.05) is 0 Å². The summed E-state index contributed by atoms with van der Waals surface area (Å²) in [5.41, 5.74) is 0.0428. The number of nitriles is 1. The minimum absolute atomic E-state index is 0.0428. The van der Waals surface area contributed by atoms with Crippen LogP contribution in [0.15, 0.2) is 21.5 Å². The van der Waals surface area contributed by atoms with Gasteiger partial charge in [-0.3, -0.25) is 4.90 Å². The van der Waals surface area contributed by atoms with Crippen molar-refractivity contribution in [2.45, 2.75) is 30.9 Å². The van der Waals surface area contributed by atoms with Crippen molar-refractivity contribution < 1.29 is 17.9 Å². The van der Waals surface area contributed by atoms with Crippen molar-refractivity contribution in [2.24, 2.45) is 0 Å². The predicted molar refractivity (Wildman–Crippen MR) is 90.3 cm³/mol. The van der Waals surface area contributed by atoms with Gasteiger partial charge in [0.25, 0.3) is 0 Å². The summed E-state index contributed by atoms with van der Waals surface area (Å²) < 4.78 is 41.4. The largest absolute Gasteiger partial charge is 0.392 e. The second-order valence-corrected chi connectivity index (χ2v) is 8.66. The monoisotopic (exact) mass is 419 g/mol. The Labute approximate surface area is 149 Å². The number of halogens is 2. The van der Waals surface area contributed by atoms with E-state index in [-0.39, 0.29) is 22.6 Å². The van der Waals surface area contributed by atoms with E-state index < -0.39 is 26.8 Å². The van der Waals surface area contributed by atoms with E-state index in [1.165, 1.54) is 4.31 Å². The SMILES string of the molecule is C[C@H](O)CN1CCN(S(=O)(=O)c2cc(Br)c(C#N)cc2F)[C@@H](C)C1. The Hall–Kier alpha value is -1.05. The highest BCUT2D eigenvalue weighted by Crippen LogP contribution is 2.28. The fourth-order valence-electron chi connectivity index (χ4n) is 2.85. The minimum Gasteiger partial charge on any atom is -0.392 e. The average Bonchev–Trinajstić information content (AvgIpc) is 2.48. The molecule has 0 radical (unpaired) electrons. The van der Waals surface area contributed by atoms with Gasteiger partial charge in [-0.2, -0.15) is 9.57 Å². The first-order chi connectivity index (χ1) is 11.2. The lowest BCUT2D eigenvalue weighted by Gasteiger charge is -2.39. The van der Waals surface area contributed by atoms with Crippen molar-refractivity contribution in [3.63, 3.8) is 0 Å². The Morgan fingerprint density at radius 3 is 2.71 bits per heavy atom. The molecular formula is C15H19BrFN3O3S. The zero-order valence-electron chi connectivity index (χ0n) is 13.4. The molecule has 0 aliphatic carbocycles. The molecule has 2 atom stereocenters. The molecule has 2 rings (SSSR count). The van der Waals surface area contributed by atoms with Crippen LogP contribution in [-0.4, -0.2) is 61.1 Å². The van der Waals surface area contributed by atoms with Crippen molar-refractivity contribution in [1.29, 1.82) is 5.26 Å². The van der Waals surface area contributed by atoms with Gasteiger partial charge in [0, 0.05) is 36.7 Å². The van der Waals surface area contributed by atoms with E-state index in [9.17, 15) is 17.9 Å². The van der Waals surface area contributed by atoms with Gasteiger partial charge in [0.05, 0.1) is 11.7 Å². The van der Waals surface area contributed by atoms with Crippen molar-refractivity contribution in [2.75, 3.05) is 26.2 Å². The van der Waals surface area contributed by atoms with E-state index in [1.807, 2.05) is 4.90 Å². The number of aliphatic hydroxyl groups is 1. The van der Waals surface area contributed by atoms with Crippen molar-refractivity contribution in [3.05, 3.63) is 28.0 Å². The highest BCUT2D eigenvalue weighted by molar-refractivity contribution is 9.10. The van der Waals surface area contributed by atoms with Gasteiger partial charge in [0.1, 0.15) is 16.8 Å². The number of piperazine rings is 1. The van der Waals surface area contributed by atoms with Crippen LogP contribution in [0.4, 0.5) is 4.39 Å². The molecule has 1 fully saturated rings. The van der Waals surface area contributed by atoms with Crippen molar-refractivity contribution in [3.8, 4) is 6.07 Å². The number of benzene rings is 1. The topological polar surface area (TPSA) is 84.6 Å². The van der Waals surface area contributed by atoms with Gasteiger partial charge < -0.3 is 5.11 Å². The lowest BCUT2D eigenvalue weighted by molar-refractivity contribution is 0.0839. The number of sulfonamides is 1. The molecule has 9 heteroatoms. The van der Waals surface area contributed by atoms with Gasteiger partial charge in [0.2, 0.25) is 10.0 Å². The van der Waals surface area contributed by atoms with Crippen LogP contribution < -0.4 is 0 Å². The maximum Gasteiger partial charge on any atom is 0.246 e. The average molecular weight is 420 g/mol. The number of nitrogens with zero attached hydrogens (tertiary/aromatic N) is 3. The molecule has 0 unspecified atom stereocenters. The lowest BCUT2D eigenvalue weighted by atomic mass is 10.2. The van der Waals surface area contributed by atoms with E-state index >= 15 is 0 Å². The second kappa shape index (κ2) is 7.45. The summed E-state index contributed by atoms with van der Waals surface area (Å²) >= 11 is 3.10. The van der Waals surface area contributed by atoms with E-state index in [0.717, 1.165) is 12.1 Å². The number of β-amino-alcohol motifs (C(OH)–C–C–N with tert-alkyl or cyclic N) is 1. The van der Waals surface area contributed by atoms with Crippen molar-refractivity contribution >= 4 is 26.0 Å². The van der Waals surface area contributed by atoms with E-state index in [2.05, 4.69) is 15.9 Å². The quantitative estimate of drug-likeness (QED) is 0.799. The normalized spacial score (nSPS) is 21.4. The van der Waals surface area contributed by atoms with Gasteiger partial charge in [-0.05, 0) is 41.9 Å². The van der Waals surface area contributed by atoms with Crippen LogP contribution in [0.25, 0.3) is 0 Å². The lowest BCUT2D eigenvalue weighted by Crippen LogP contribution is -2.54. The zero-order chi connectivity index (χ0) is 18.1. The molecule has 0 spiro atoms. The summed E-state index contributed by atoms with van der Waals surface area (Å²) in [6.45, 7) is 5.04. The first-order valence-corrected chi connectivity index (χ1v) is 9.71. The van der Waals surface area contributed by atoms with E-state index in [4.69, 9.17) is 5.26 Å². The summed E-state index contributed by atoms with van der Waals surface area (Å²) in [7, 11) is -4.01. The molecule has 0 bridgehead atoms. The van der Waals surface area contributed by atoms with Crippen LogP contribution in [0.1, 0.15) is 19.4 Å². The predicted octanol–water partition coefficient (Wildman–Crippen LogP) is 1.54. The first-order valence-electron chi connectivity index (χ1n) is 7.48. The molecule has 1 aromatic carbocycles. The summed E-state index contributed by atoms with van der Waals surface area (Å²) in [5, 5.41) is 18.4. The number of rotatable bonds is 4. The molecule has 1 heterocycles. The number of hydrogen-bond acceptors (Lipinski definition) is 5. The molecule has 1 aromatic rings. The third kappa shape index (κ3) is 3.95. The molecule has 1 saturated heterocycles. The Bertz CT molecular complexity index is 764. The standard InChI is InChI=1S/C15H19BrFN3O3S/c1-10-8-19(9-11(2)21)3-4-20(10)24(22,23)15-6-13(16)12(7-18)5-14(15)17/h5-6,10-11,21H,3-4,8-9H2,1-2H3/t10-,11-/m0/s1. The molecule has 1 aliphatic heterocycles. The molecule has 24 heavy (non-hydrogen) atoms. The fourth-order valence-corrected chi connectivity index (χ4v) is 5.12. The van der Waals surface area contributed by atoms with Crippen LogP contribution in [0, 0.1) is 17.1 Å². The highest BCUT2D eigenvalue weighted by atomic mass is 79.9. The Morgan fingerprint density at radius 2 is 2.17 bits per heavy atom. The maximum absolute atomic E-state index is 14.2. The highest BCUT2D eigenvalue weighted by Gasteiger charge is 2.35. The molecule has 0 aromatic heterocycles. The summed E-state index contributed by atoms with van der Waals surface area (Å²) in [6.07, 6.45) is -0.493. The Kier molecular flexibility index (Phi) is 5.99. The number of aliphatic hydroxyl groups excluding tert-OH is 1. The molecule has 1 aliphatic rings. The van der Waals surface area contributed by atoms with E-state index in [1.54, 1.807) is 19.9 Å². The molecule has 132 valence electrons. The molecule has 0 saturated carbocycles. The first kappa shape index (κ1) is 19.3. The van der Waals surface area contributed by atoms with Gasteiger partial charge in [0.15, 0.2) is 0 Å². The Morgan fingerprint density at radius 1 is 1.50 bits per heavy atom. The van der Waals surface area contributed by atoms with Crippen LogP contribution >= 0.6 is 15.9 Å². The smallest absolute Gasteiger partial charge is 0.246 e. The summed E-state index contributed by atoms with van der Waals surface area (Å²) in [4.78, 5) is 1.54. The second-order valence-electron chi connectivity index (χ2n) is 5.95. The molecule has 1 N–H and O–H groups in total. The summed E-state index contributed by atoms with van der Waals surface area (Å²) in [5.74, 6) is -0.937. The summed E-state index contributed by atoms with van der Waals surface area (Å²) in [6, 6.07) is 3.51. The van der Waals surface area contributed by atoms with E-state index in [0.29, 0.717) is 19.6 Å². The fraction of sp³-hybridized carbons (Fsp3) is 0.533. The van der Waals surface area contributed by atoms with Gasteiger partial charge in [-0.15, -0.1) is 0 Å². The Balaban J connectivity index is 2.29. The van der Waals surface area contributed by atoms with Crippen LogP contribution in [-0.2, 0) is 10.0 Å². The number of hydrogen-bond donors (Lipinski definition) is 1. The molecular weight excluding hydrogens is 401 g/mol. The molecule has 6 nitrogen and oxygen atoms in total. The third-order valence-electron chi connectivity index (χ3n) is 3.90. The van der Waals surface area contributed by atoms with Crippen LogP contribution in [0.2, 0.25) is 0 Å². The van der Waals surface area contributed by atoms with Crippen LogP contribution in [0.5, 0.6) is 0 Å². The minimum atomic E-state index is -4.01. The van der Waals surface area contributed by atoms with Crippen LogP contribution in [0.3, 0.4) is 0 Å². The van der Waals surface area contributed by atoms with Crippen molar-refractivity contribution in [1.82, 2.24) is 9.21 Å². The third-order valence-corrected chi connectivity index (χ3v) is 6.59. The maximum atomic E-state index is 14.2.